The van der Waals surface area contributed by atoms with E-state index >= 15 is 0 Å². The molecule has 0 spiro atoms. The fraction of sp³-hybridized carbons (Fsp3) is 0.600. The minimum Gasteiger partial charge on any atom is -0.388 e. The highest BCUT2D eigenvalue weighted by Gasteiger charge is 2.28. The highest BCUT2D eigenvalue weighted by atomic mass is 32.1. The maximum absolute atomic E-state index is 12.1. The van der Waals surface area contributed by atoms with Crippen LogP contribution in [0.1, 0.15) is 55.1 Å². The summed E-state index contributed by atoms with van der Waals surface area (Å²) in [4.78, 5) is 23.6. The van der Waals surface area contributed by atoms with E-state index in [2.05, 4.69) is 10.6 Å². The zero-order chi connectivity index (χ0) is 15.3. The largest absolute Gasteiger partial charge is 0.388 e. The minimum atomic E-state index is -0.774. The van der Waals surface area contributed by atoms with Crippen LogP contribution in [0.4, 0.5) is 5.00 Å². The van der Waals surface area contributed by atoms with Crippen LogP contribution < -0.4 is 10.6 Å². The zero-order valence-corrected chi connectivity index (χ0v) is 13.1. The number of aliphatic hydroxyl groups is 1. The van der Waals surface area contributed by atoms with E-state index in [0.717, 1.165) is 38.5 Å². The van der Waals surface area contributed by atoms with Crippen LogP contribution in [0.3, 0.4) is 0 Å². The maximum atomic E-state index is 12.1. The molecule has 2 rings (SSSR count). The summed E-state index contributed by atoms with van der Waals surface area (Å²) in [5.74, 6) is -0.356. The first-order valence-electron chi connectivity index (χ1n) is 7.37. The van der Waals surface area contributed by atoms with Crippen LogP contribution in [-0.2, 0) is 4.79 Å². The summed E-state index contributed by atoms with van der Waals surface area (Å²) in [6, 6.07) is 3.39. The third-order valence-corrected chi connectivity index (χ3v) is 4.74. The molecule has 1 saturated carbocycles. The highest BCUT2D eigenvalue weighted by molar-refractivity contribution is 7.18. The predicted molar refractivity (Wildman–Crippen MR) is 83.6 cm³/mol. The van der Waals surface area contributed by atoms with E-state index in [1.807, 2.05) is 0 Å². The fourth-order valence-corrected chi connectivity index (χ4v) is 3.46. The molecule has 21 heavy (non-hydrogen) atoms. The third-order valence-electron chi connectivity index (χ3n) is 3.74. The third kappa shape index (κ3) is 4.82. The van der Waals surface area contributed by atoms with Crippen molar-refractivity contribution >= 4 is 28.2 Å². The number of rotatable bonds is 4. The van der Waals surface area contributed by atoms with Crippen LogP contribution in [0.5, 0.6) is 0 Å². The smallest absolute Gasteiger partial charge is 0.261 e. The standard InChI is InChI=1S/C15H22N2O3S/c1-11(18)17-13-7-6-12(21-13)14(19)16-10-15(20)8-4-2-3-5-9-15/h6-7,20H,2-5,8-10H2,1H3,(H,16,19)(H,17,18). The second-order valence-corrected chi connectivity index (χ2v) is 6.75. The summed E-state index contributed by atoms with van der Waals surface area (Å²) in [5.41, 5.74) is -0.774. The van der Waals surface area contributed by atoms with Gasteiger partial charge in [-0.2, -0.15) is 0 Å². The molecule has 0 radical (unpaired) electrons. The van der Waals surface area contributed by atoms with Gasteiger partial charge in [0.1, 0.15) is 0 Å². The van der Waals surface area contributed by atoms with E-state index in [9.17, 15) is 14.7 Å². The molecule has 0 atom stereocenters. The second-order valence-electron chi connectivity index (χ2n) is 5.67. The Morgan fingerprint density at radius 3 is 2.52 bits per heavy atom. The van der Waals surface area contributed by atoms with Crippen LogP contribution in [0.2, 0.25) is 0 Å². The average molecular weight is 310 g/mol. The molecule has 1 aromatic heterocycles. The monoisotopic (exact) mass is 310 g/mol. The van der Waals surface area contributed by atoms with Gasteiger partial charge in [-0.25, -0.2) is 0 Å². The Labute approximate surface area is 128 Å². The summed E-state index contributed by atoms with van der Waals surface area (Å²) >= 11 is 1.23. The number of thiophene rings is 1. The Kier molecular flexibility index (Phi) is 5.36. The van der Waals surface area contributed by atoms with Crippen LogP contribution in [0, 0.1) is 0 Å². The number of amides is 2. The topological polar surface area (TPSA) is 78.4 Å². The molecule has 0 unspecified atom stereocenters. The number of carbonyl (C=O) groups excluding carboxylic acids is 2. The van der Waals surface area contributed by atoms with Crippen molar-refractivity contribution in [3.8, 4) is 0 Å². The van der Waals surface area contributed by atoms with E-state index in [0.29, 0.717) is 16.4 Å². The van der Waals surface area contributed by atoms with Crippen LogP contribution >= 0.6 is 11.3 Å². The van der Waals surface area contributed by atoms with Crippen molar-refractivity contribution in [1.82, 2.24) is 5.32 Å². The highest BCUT2D eigenvalue weighted by Crippen LogP contribution is 2.27. The van der Waals surface area contributed by atoms with Crippen LogP contribution in [-0.4, -0.2) is 29.1 Å². The van der Waals surface area contributed by atoms with Gasteiger partial charge in [0.2, 0.25) is 5.91 Å². The van der Waals surface area contributed by atoms with Crippen molar-refractivity contribution in [2.24, 2.45) is 0 Å². The summed E-state index contributed by atoms with van der Waals surface area (Å²) in [6.07, 6.45) is 5.82. The molecule has 2 amide bonds. The number of hydrogen-bond acceptors (Lipinski definition) is 4. The molecule has 3 N–H and O–H groups in total. The van der Waals surface area contributed by atoms with E-state index in [1.165, 1.54) is 18.3 Å². The first kappa shape index (κ1) is 16.0. The van der Waals surface area contributed by atoms with Gasteiger partial charge in [0, 0.05) is 13.5 Å². The molecule has 116 valence electrons. The lowest BCUT2D eigenvalue weighted by Crippen LogP contribution is -2.42. The molecule has 0 aliphatic heterocycles. The van der Waals surface area contributed by atoms with E-state index in [1.54, 1.807) is 12.1 Å². The Bertz CT molecular complexity index is 505. The SMILES string of the molecule is CC(=O)Nc1ccc(C(=O)NCC2(O)CCCCCC2)s1. The summed E-state index contributed by atoms with van der Waals surface area (Å²) in [5, 5.41) is 16.6. The van der Waals surface area contributed by atoms with Gasteiger partial charge >= 0.3 is 0 Å². The Balaban J connectivity index is 1.88. The molecule has 1 aromatic rings. The fourth-order valence-electron chi connectivity index (χ4n) is 2.60. The summed E-state index contributed by atoms with van der Waals surface area (Å²) in [7, 11) is 0. The van der Waals surface area contributed by atoms with Crippen molar-refractivity contribution in [3.63, 3.8) is 0 Å². The van der Waals surface area contributed by atoms with E-state index in [-0.39, 0.29) is 11.8 Å². The summed E-state index contributed by atoms with van der Waals surface area (Å²) < 4.78 is 0. The molecule has 0 aromatic carbocycles. The molecule has 1 fully saturated rings. The summed E-state index contributed by atoms with van der Waals surface area (Å²) in [6.45, 7) is 1.72. The van der Waals surface area contributed by atoms with E-state index < -0.39 is 5.60 Å². The Morgan fingerprint density at radius 1 is 1.24 bits per heavy atom. The first-order valence-corrected chi connectivity index (χ1v) is 8.18. The van der Waals surface area contributed by atoms with Gasteiger partial charge in [0.25, 0.3) is 5.91 Å². The Morgan fingerprint density at radius 2 is 1.90 bits per heavy atom. The van der Waals surface area contributed by atoms with Crippen molar-refractivity contribution in [3.05, 3.63) is 17.0 Å². The van der Waals surface area contributed by atoms with Gasteiger partial charge < -0.3 is 15.7 Å². The number of carbonyl (C=O) groups is 2. The molecule has 0 bridgehead atoms. The van der Waals surface area contributed by atoms with Gasteiger partial charge in [0.05, 0.1) is 15.5 Å². The maximum Gasteiger partial charge on any atom is 0.261 e. The van der Waals surface area contributed by atoms with E-state index in [4.69, 9.17) is 0 Å². The average Bonchev–Trinajstić information content (AvgIpc) is 2.77. The number of anilines is 1. The van der Waals surface area contributed by atoms with Gasteiger partial charge in [0.15, 0.2) is 0 Å². The Hall–Kier alpha value is -1.40. The molecule has 1 aliphatic rings. The molecule has 5 nitrogen and oxygen atoms in total. The lowest BCUT2D eigenvalue weighted by atomic mass is 9.94. The van der Waals surface area contributed by atoms with Gasteiger partial charge in [-0.05, 0) is 25.0 Å². The quantitative estimate of drug-likeness (QED) is 0.748. The van der Waals surface area contributed by atoms with Crippen molar-refractivity contribution in [2.75, 3.05) is 11.9 Å². The van der Waals surface area contributed by atoms with Crippen LogP contribution in [0.25, 0.3) is 0 Å². The van der Waals surface area contributed by atoms with Gasteiger partial charge in [-0.15, -0.1) is 11.3 Å². The predicted octanol–water partition coefficient (Wildman–Crippen LogP) is 2.52. The normalized spacial score (nSPS) is 17.8. The van der Waals surface area contributed by atoms with Crippen molar-refractivity contribution in [1.29, 1.82) is 0 Å². The second kappa shape index (κ2) is 7.04. The minimum absolute atomic E-state index is 0.156. The van der Waals surface area contributed by atoms with Gasteiger partial charge in [-0.1, -0.05) is 25.7 Å². The zero-order valence-electron chi connectivity index (χ0n) is 12.3. The van der Waals surface area contributed by atoms with Crippen molar-refractivity contribution < 1.29 is 14.7 Å². The number of nitrogens with one attached hydrogen (secondary N) is 2. The molecule has 6 heteroatoms. The number of hydrogen-bond donors (Lipinski definition) is 3. The lowest BCUT2D eigenvalue weighted by molar-refractivity contribution is -0.114. The molecular formula is C15H22N2O3S. The first-order chi connectivity index (χ1) is 9.98. The lowest BCUT2D eigenvalue weighted by Gasteiger charge is -2.26. The van der Waals surface area contributed by atoms with Crippen LogP contribution in [0.15, 0.2) is 12.1 Å². The van der Waals surface area contributed by atoms with Gasteiger partial charge in [-0.3, -0.25) is 9.59 Å². The molecule has 1 aliphatic carbocycles. The van der Waals surface area contributed by atoms with Crippen molar-refractivity contribution in [2.45, 2.75) is 51.0 Å². The molecule has 1 heterocycles. The molecular weight excluding hydrogens is 288 g/mol. The molecule has 0 saturated heterocycles.